The van der Waals surface area contributed by atoms with Gasteiger partial charge in [0.1, 0.15) is 12.3 Å². The van der Waals surface area contributed by atoms with Crippen molar-refractivity contribution >= 4 is 6.16 Å². The van der Waals surface area contributed by atoms with Gasteiger partial charge in [-0.3, -0.25) is 0 Å². The Bertz CT molecular complexity index is 934. The minimum atomic E-state index is -4.43. The summed E-state index contributed by atoms with van der Waals surface area (Å²) in [6, 6.07) is 13.4. The first kappa shape index (κ1) is 19.5. The normalized spacial score (nSPS) is 11.3. The van der Waals surface area contributed by atoms with Crippen molar-refractivity contribution in [3.63, 3.8) is 0 Å². The molecular weight excluding hydrogens is 375 g/mol. The maximum atomic E-state index is 12.7. The van der Waals surface area contributed by atoms with Crippen LogP contribution in [0.2, 0.25) is 0 Å². The van der Waals surface area contributed by atoms with E-state index in [1.54, 1.807) is 19.1 Å². The van der Waals surface area contributed by atoms with E-state index in [0.717, 1.165) is 17.7 Å². The molecule has 0 saturated heterocycles. The van der Waals surface area contributed by atoms with Gasteiger partial charge in [0, 0.05) is 5.56 Å². The molecule has 0 aliphatic heterocycles. The van der Waals surface area contributed by atoms with Crippen molar-refractivity contribution in [2.45, 2.75) is 26.1 Å². The van der Waals surface area contributed by atoms with Crippen molar-refractivity contribution in [1.82, 2.24) is 4.98 Å². The number of alkyl halides is 3. The topological polar surface area (TPSA) is 61.6 Å². The fourth-order valence-electron chi connectivity index (χ4n) is 2.39. The lowest BCUT2D eigenvalue weighted by atomic mass is 10.1. The third kappa shape index (κ3) is 4.70. The van der Waals surface area contributed by atoms with Crippen molar-refractivity contribution in [1.29, 1.82) is 0 Å². The summed E-state index contributed by atoms with van der Waals surface area (Å²) in [6.45, 7) is 1.80. The summed E-state index contributed by atoms with van der Waals surface area (Å²) in [5, 5.41) is 0. The minimum Gasteiger partial charge on any atom is -0.429 e. The molecule has 1 aromatic heterocycles. The van der Waals surface area contributed by atoms with Gasteiger partial charge in [-0.2, -0.15) is 13.2 Å². The molecule has 0 radical (unpaired) electrons. The van der Waals surface area contributed by atoms with E-state index in [1.165, 1.54) is 12.1 Å². The van der Waals surface area contributed by atoms with Gasteiger partial charge in [-0.05, 0) is 36.2 Å². The molecule has 0 fully saturated rings. The fourth-order valence-corrected chi connectivity index (χ4v) is 2.39. The SMILES string of the molecule is CCc1nc(-c2ccc(C(F)(F)F)cc2)oc1OC(=O)OCc1ccccc1. The number of oxazole rings is 1. The Morgan fingerprint density at radius 3 is 2.36 bits per heavy atom. The van der Waals surface area contributed by atoms with Crippen LogP contribution >= 0.6 is 0 Å². The van der Waals surface area contributed by atoms with Gasteiger partial charge in [-0.1, -0.05) is 37.3 Å². The Morgan fingerprint density at radius 2 is 1.75 bits per heavy atom. The van der Waals surface area contributed by atoms with E-state index in [4.69, 9.17) is 13.9 Å². The summed E-state index contributed by atoms with van der Waals surface area (Å²) in [7, 11) is 0. The molecule has 0 N–H and O–H groups in total. The largest absolute Gasteiger partial charge is 0.516 e. The van der Waals surface area contributed by atoms with Crippen LogP contribution in [0.4, 0.5) is 18.0 Å². The van der Waals surface area contributed by atoms with Gasteiger partial charge in [0.25, 0.3) is 0 Å². The molecule has 2 aromatic carbocycles. The predicted molar refractivity (Wildman–Crippen MR) is 93.6 cm³/mol. The Hall–Kier alpha value is -3.29. The number of rotatable bonds is 5. The van der Waals surface area contributed by atoms with Crippen LogP contribution in [0.3, 0.4) is 0 Å². The molecular formula is C20H16F3NO4. The molecule has 3 rings (SSSR count). The average molecular weight is 391 g/mol. The second-order valence-corrected chi connectivity index (χ2v) is 5.81. The third-order valence-electron chi connectivity index (χ3n) is 3.83. The van der Waals surface area contributed by atoms with Gasteiger partial charge in [-0.15, -0.1) is 0 Å². The van der Waals surface area contributed by atoms with E-state index in [9.17, 15) is 18.0 Å². The first-order valence-electron chi connectivity index (χ1n) is 8.42. The number of carbonyl (C=O) groups excluding carboxylic acids is 1. The van der Waals surface area contributed by atoms with E-state index in [-0.39, 0.29) is 18.4 Å². The molecule has 0 unspecified atom stereocenters. The number of halogens is 3. The van der Waals surface area contributed by atoms with Gasteiger partial charge in [0.2, 0.25) is 5.89 Å². The molecule has 3 aromatic rings. The van der Waals surface area contributed by atoms with Gasteiger partial charge in [0.05, 0.1) is 5.56 Å². The number of ether oxygens (including phenoxy) is 2. The molecule has 146 valence electrons. The Kier molecular flexibility index (Phi) is 5.67. The van der Waals surface area contributed by atoms with Gasteiger partial charge >= 0.3 is 18.3 Å². The van der Waals surface area contributed by atoms with Gasteiger partial charge in [0.15, 0.2) is 0 Å². The zero-order chi connectivity index (χ0) is 20.1. The third-order valence-corrected chi connectivity index (χ3v) is 3.83. The van der Waals surface area contributed by atoms with Crippen molar-refractivity contribution in [2.24, 2.45) is 0 Å². The monoisotopic (exact) mass is 391 g/mol. The zero-order valence-electron chi connectivity index (χ0n) is 14.8. The van der Waals surface area contributed by atoms with Crippen molar-refractivity contribution in [2.75, 3.05) is 0 Å². The summed E-state index contributed by atoms with van der Waals surface area (Å²) >= 11 is 0. The van der Waals surface area contributed by atoms with Crippen LogP contribution in [-0.2, 0) is 23.9 Å². The summed E-state index contributed by atoms with van der Waals surface area (Å²) < 4.78 is 53.5. The maximum Gasteiger partial charge on any atom is 0.516 e. The zero-order valence-corrected chi connectivity index (χ0v) is 14.8. The Balaban J connectivity index is 1.70. The Morgan fingerprint density at radius 1 is 1.07 bits per heavy atom. The van der Waals surface area contributed by atoms with E-state index < -0.39 is 17.9 Å². The number of aromatic nitrogens is 1. The van der Waals surface area contributed by atoms with Crippen LogP contribution in [0.15, 0.2) is 59.0 Å². The molecule has 0 amide bonds. The second kappa shape index (κ2) is 8.16. The van der Waals surface area contributed by atoms with E-state index in [2.05, 4.69) is 4.98 Å². The molecule has 5 nitrogen and oxygen atoms in total. The minimum absolute atomic E-state index is 0.0288. The van der Waals surface area contributed by atoms with E-state index in [1.807, 2.05) is 18.2 Å². The van der Waals surface area contributed by atoms with Gasteiger partial charge < -0.3 is 13.9 Å². The number of carbonyl (C=O) groups is 1. The molecule has 0 aliphatic carbocycles. The molecule has 0 saturated carbocycles. The summed E-state index contributed by atoms with van der Waals surface area (Å²) in [5.41, 5.74) is 0.694. The molecule has 0 atom stereocenters. The number of benzene rings is 2. The highest BCUT2D eigenvalue weighted by Crippen LogP contribution is 2.32. The van der Waals surface area contributed by atoms with Crippen LogP contribution in [0.1, 0.15) is 23.7 Å². The number of hydrogen-bond acceptors (Lipinski definition) is 5. The highest BCUT2D eigenvalue weighted by molar-refractivity contribution is 5.64. The van der Waals surface area contributed by atoms with Crippen LogP contribution in [0.5, 0.6) is 5.95 Å². The second-order valence-electron chi connectivity index (χ2n) is 5.81. The summed E-state index contributed by atoms with van der Waals surface area (Å²) in [4.78, 5) is 16.1. The number of aryl methyl sites for hydroxylation is 1. The van der Waals surface area contributed by atoms with Crippen molar-refractivity contribution in [3.8, 4) is 17.4 Å². The quantitative estimate of drug-likeness (QED) is 0.527. The van der Waals surface area contributed by atoms with Crippen LogP contribution < -0.4 is 4.74 Å². The lowest BCUT2D eigenvalue weighted by molar-refractivity contribution is -0.137. The molecule has 0 bridgehead atoms. The predicted octanol–water partition coefficient (Wildman–Crippen LogP) is 5.64. The number of hydrogen-bond donors (Lipinski definition) is 0. The average Bonchev–Trinajstić information content (AvgIpc) is 3.09. The van der Waals surface area contributed by atoms with Crippen LogP contribution in [-0.4, -0.2) is 11.1 Å². The highest BCUT2D eigenvalue weighted by Gasteiger charge is 2.30. The van der Waals surface area contributed by atoms with Crippen LogP contribution in [0.25, 0.3) is 11.5 Å². The van der Waals surface area contributed by atoms with Gasteiger partial charge in [-0.25, -0.2) is 9.78 Å². The number of nitrogens with zero attached hydrogens (tertiary/aromatic N) is 1. The van der Waals surface area contributed by atoms with E-state index in [0.29, 0.717) is 17.7 Å². The smallest absolute Gasteiger partial charge is 0.429 e. The van der Waals surface area contributed by atoms with E-state index >= 15 is 0 Å². The molecule has 28 heavy (non-hydrogen) atoms. The molecule has 0 spiro atoms. The fraction of sp³-hybridized carbons (Fsp3) is 0.200. The Labute approximate surface area is 158 Å². The molecule has 0 aliphatic rings. The first-order valence-corrected chi connectivity index (χ1v) is 8.42. The first-order chi connectivity index (χ1) is 13.4. The van der Waals surface area contributed by atoms with Crippen molar-refractivity contribution < 1.29 is 31.9 Å². The maximum absolute atomic E-state index is 12.7. The molecule has 8 heteroatoms. The lowest BCUT2D eigenvalue weighted by Crippen LogP contribution is -2.11. The van der Waals surface area contributed by atoms with Crippen molar-refractivity contribution in [3.05, 3.63) is 71.4 Å². The van der Waals surface area contributed by atoms with Crippen LogP contribution in [0, 0.1) is 0 Å². The summed E-state index contributed by atoms with van der Waals surface area (Å²) in [5.74, 6) is -0.0908. The highest BCUT2D eigenvalue weighted by atomic mass is 19.4. The summed E-state index contributed by atoms with van der Waals surface area (Å²) in [6.07, 6.45) is -5.00. The standard InChI is InChI=1S/C20H16F3NO4/c1-2-16-18(28-19(25)26-12-13-6-4-3-5-7-13)27-17(24-16)14-8-10-15(11-9-14)20(21,22)23/h3-11H,2,12H2,1H3. The molecule has 1 heterocycles. The lowest BCUT2D eigenvalue weighted by Gasteiger charge is -2.06.